The second kappa shape index (κ2) is 7.74. The highest BCUT2D eigenvalue weighted by atomic mass is 19.1. The lowest BCUT2D eigenvalue weighted by atomic mass is 9.89. The van der Waals surface area contributed by atoms with Gasteiger partial charge in [0.25, 0.3) is 5.69 Å². The first kappa shape index (κ1) is 19.8. The zero-order chi connectivity index (χ0) is 22.1. The summed E-state index contributed by atoms with van der Waals surface area (Å²) < 4.78 is 20.7. The van der Waals surface area contributed by atoms with Gasteiger partial charge in [-0.25, -0.2) is 9.18 Å². The minimum absolute atomic E-state index is 0.00996. The van der Waals surface area contributed by atoms with Gasteiger partial charge in [0.15, 0.2) is 5.78 Å². The normalized spacial score (nSPS) is 15.1. The number of Topliss-reactive ketones (excluding diaryl/α,β-unsaturated/α-hetero) is 1. The molecule has 0 saturated carbocycles. The topological polar surface area (TPSA) is 142 Å². The molecule has 31 heavy (non-hydrogen) atoms. The highest BCUT2D eigenvalue weighted by molar-refractivity contribution is 6.15. The molecule has 1 aliphatic heterocycles. The second-order valence-electron chi connectivity index (χ2n) is 6.41. The number of tetrazole rings is 1. The predicted molar refractivity (Wildman–Crippen MR) is 102 cm³/mol. The third-order valence-electron chi connectivity index (χ3n) is 4.67. The van der Waals surface area contributed by atoms with E-state index in [9.17, 15) is 24.1 Å². The van der Waals surface area contributed by atoms with Gasteiger partial charge >= 0.3 is 5.97 Å². The number of carbonyl (C=O) groups excluding carboxylic acids is 2. The number of hydrogen-bond donors (Lipinski definition) is 1. The lowest BCUT2D eigenvalue weighted by Crippen LogP contribution is -2.33. The first-order valence-electron chi connectivity index (χ1n) is 8.83. The highest BCUT2D eigenvalue weighted by Gasteiger charge is 2.39. The van der Waals surface area contributed by atoms with Crippen molar-refractivity contribution < 1.29 is 23.6 Å². The fourth-order valence-corrected chi connectivity index (χ4v) is 3.29. The molecule has 12 heteroatoms. The first-order chi connectivity index (χ1) is 14.9. The minimum Gasteiger partial charge on any atom is -0.464 e. The molecule has 1 atom stereocenters. The number of rotatable bonds is 5. The molecule has 1 N–H and O–H groups in total. The number of methoxy groups -OCH3 is 1. The molecule has 0 radical (unpaired) electrons. The maximum absolute atomic E-state index is 14.8. The number of carbonyl (C=O) groups is 2. The number of aromatic nitrogens is 4. The molecule has 0 unspecified atom stereocenters. The van der Waals surface area contributed by atoms with Crippen LogP contribution in [0.4, 0.5) is 16.0 Å². The molecule has 0 spiro atoms. The summed E-state index contributed by atoms with van der Waals surface area (Å²) in [6.45, 7) is 0. The Bertz CT molecular complexity index is 1250. The van der Waals surface area contributed by atoms with Crippen molar-refractivity contribution in [2.45, 2.75) is 6.04 Å². The Morgan fingerprint density at radius 2 is 2.00 bits per heavy atom. The van der Waals surface area contributed by atoms with Gasteiger partial charge in [0.2, 0.25) is 5.95 Å². The van der Waals surface area contributed by atoms with Gasteiger partial charge in [0.1, 0.15) is 17.6 Å². The summed E-state index contributed by atoms with van der Waals surface area (Å²) in [5, 5.41) is 24.9. The number of fused-ring (bicyclic) bond motifs is 1. The van der Waals surface area contributed by atoms with E-state index in [2.05, 4.69) is 20.8 Å². The van der Waals surface area contributed by atoms with E-state index in [1.807, 2.05) is 0 Å². The fraction of sp³-hybridized carbons (Fsp3) is 0.105. The number of nitro benzene ring substituents is 1. The molecule has 4 rings (SSSR count). The molecule has 2 heterocycles. The Morgan fingerprint density at radius 1 is 1.23 bits per heavy atom. The molecule has 0 aliphatic carbocycles. The average Bonchev–Trinajstić information content (AvgIpc) is 3.26. The van der Waals surface area contributed by atoms with Gasteiger partial charge in [-0.2, -0.15) is 4.68 Å². The van der Waals surface area contributed by atoms with Crippen molar-refractivity contribution in [2.75, 3.05) is 12.4 Å². The van der Waals surface area contributed by atoms with Crippen LogP contribution in [-0.4, -0.2) is 44.0 Å². The molecule has 11 nitrogen and oxygen atoms in total. The molecule has 156 valence electrons. The maximum Gasteiger partial charge on any atom is 0.355 e. The number of esters is 1. The Labute approximate surface area is 173 Å². The number of ether oxygens (including phenoxy) is 1. The molecule has 0 saturated heterocycles. The molecule has 0 fully saturated rings. The third-order valence-corrected chi connectivity index (χ3v) is 4.67. The number of non-ortho nitro benzene ring substituents is 1. The van der Waals surface area contributed by atoms with Gasteiger partial charge in [0, 0.05) is 23.3 Å². The zero-order valence-electron chi connectivity index (χ0n) is 15.9. The summed E-state index contributed by atoms with van der Waals surface area (Å²) in [6, 6.07) is 9.38. The van der Waals surface area contributed by atoms with Gasteiger partial charge < -0.3 is 10.1 Å². The van der Waals surface area contributed by atoms with Crippen LogP contribution in [0.1, 0.15) is 22.0 Å². The molecule has 3 aromatic rings. The molecule has 2 aromatic carbocycles. The van der Waals surface area contributed by atoms with Crippen LogP contribution in [-0.2, 0) is 9.53 Å². The molecule has 0 bridgehead atoms. The number of halogens is 1. The number of hydrogen-bond acceptors (Lipinski definition) is 9. The van der Waals surface area contributed by atoms with Crippen molar-refractivity contribution in [1.82, 2.24) is 20.2 Å². The van der Waals surface area contributed by atoms with Crippen LogP contribution in [0.15, 0.2) is 59.8 Å². The van der Waals surface area contributed by atoms with E-state index < -0.39 is 28.5 Å². The van der Waals surface area contributed by atoms with Crippen molar-refractivity contribution >= 4 is 23.4 Å². The SMILES string of the molecule is COC(=O)C1=C(C(=O)c2cccc([N+](=O)[O-])c2)[C@@H](c2ccccc2F)n2nnnc2N1. The Balaban J connectivity index is 1.97. The van der Waals surface area contributed by atoms with Crippen LogP contribution in [0, 0.1) is 15.9 Å². The van der Waals surface area contributed by atoms with Gasteiger partial charge in [-0.15, -0.1) is 0 Å². The Kier molecular flexibility index (Phi) is 4.95. The van der Waals surface area contributed by atoms with Crippen molar-refractivity contribution in [2.24, 2.45) is 0 Å². The van der Waals surface area contributed by atoms with Crippen LogP contribution in [0.3, 0.4) is 0 Å². The summed E-state index contributed by atoms with van der Waals surface area (Å²) in [5.41, 5.74) is -0.898. The summed E-state index contributed by atoms with van der Waals surface area (Å²) in [6.07, 6.45) is 0. The van der Waals surface area contributed by atoms with E-state index in [1.165, 1.54) is 36.4 Å². The zero-order valence-corrected chi connectivity index (χ0v) is 15.9. The largest absolute Gasteiger partial charge is 0.464 e. The average molecular weight is 424 g/mol. The van der Waals surface area contributed by atoms with Gasteiger partial charge in [-0.05, 0) is 16.5 Å². The van der Waals surface area contributed by atoms with E-state index in [0.29, 0.717) is 0 Å². The summed E-state index contributed by atoms with van der Waals surface area (Å²) >= 11 is 0. The molecular formula is C19H13FN6O5. The lowest BCUT2D eigenvalue weighted by molar-refractivity contribution is -0.384. The minimum atomic E-state index is -1.23. The highest BCUT2D eigenvalue weighted by Crippen LogP contribution is 2.37. The smallest absolute Gasteiger partial charge is 0.355 e. The summed E-state index contributed by atoms with van der Waals surface area (Å²) in [4.78, 5) is 36.5. The van der Waals surface area contributed by atoms with Gasteiger partial charge in [-0.1, -0.05) is 35.4 Å². The van der Waals surface area contributed by atoms with E-state index in [1.54, 1.807) is 6.07 Å². The monoisotopic (exact) mass is 424 g/mol. The molecule has 0 amide bonds. The van der Waals surface area contributed by atoms with Crippen LogP contribution < -0.4 is 5.32 Å². The van der Waals surface area contributed by atoms with Crippen molar-refractivity contribution in [3.8, 4) is 0 Å². The molecule has 1 aromatic heterocycles. The van der Waals surface area contributed by atoms with E-state index in [4.69, 9.17) is 4.74 Å². The van der Waals surface area contributed by atoms with Crippen LogP contribution in [0.2, 0.25) is 0 Å². The quantitative estimate of drug-likeness (QED) is 0.282. The molecule has 1 aliphatic rings. The van der Waals surface area contributed by atoms with Gasteiger partial charge in [-0.3, -0.25) is 14.9 Å². The Hall–Kier alpha value is -4.48. The van der Waals surface area contributed by atoms with Crippen LogP contribution >= 0.6 is 0 Å². The van der Waals surface area contributed by atoms with E-state index in [-0.39, 0.29) is 34.0 Å². The number of anilines is 1. The van der Waals surface area contributed by atoms with Crippen molar-refractivity contribution in [3.63, 3.8) is 0 Å². The number of nitro groups is 1. The predicted octanol–water partition coefficient (Wildman–Crippen LogP) is 2.05. The van der Waals surface area contributed by atoms with Crippen molar-refractivity contribution in [1.29, 1.82) is 0 Å². The number of nitrogens with zero attached hydrogens (tertiary/aromatic N) is 5. The summed E-state index contributed by atoms with van der Waals surface area (Å²) in [7, 11) is 1.11. The number of ketones is 1. The van der Waals surface area contributed by atoms with E-state index >= 15 is 0 Å². The Morgan fingerprint density at radius 3 is 2.71 bits per heavy atom. The third kappa shape index (κ3) is 3.39. The number of nitrogens with one attached hydrogen (secondary N) is 1. The standard InChI is InChI=1S/C19H13FN6O5/c1-31-18(28)15-14(17(27)10-5-4-6-11(9-10)26(29)30)16(12-7-2-3-8-13(12)20)25-19(21-15)22-23-24-25/h2-9,16H,1H3,(H,21,22,24)/t16-/m1/s1. The lowest BCUT2D eigenvalue weighted by Gasteiger charge is -2.28. The number of allylic oxidation sites excluding steroid dienone is 1. The van der Waals surface area contributed by atoms with Crippen molar-refractivity contribution in [3.05, 3.63) is 86.9 Å². The summed E-state index contributed by atoms with van der Waals surface area (Å²) in [5.74, 6) is -2.34. The molecular weight excluding hydrogens is 411 g/mol. The number of benzene rings is 2. The van der Waals surface area contributed by atoms with Gasteiger partial charge in [0.05, 0.1) is 17.6 Å². The fourth-order valence-electron chi connectivity index (χ4n) is 3.29. The van der Waals surface area contributed by atoms with E-state index in [0.717, 1.165) is 17.9 Å². The maximum atomic E-state index is 14.8. The first-order valence-corrected chi connectivity index (χ1v) is 8.83. The van der Waals surface area contributed by atoms with Crippen LogP contribution in [0.5, 0.6) is 0 Å². The second-order valence-corrected chi connectivity index (χ2v) is 6.41. The van der Waals surface area contributed by atoms with Crippen LogP contribution in [0.25, 0.3) is 0 Å².